The summed E-state index contributed by atoms with van der Waals surface area (Å²) in [4.78, 5) is 0. The molecule has 2 rings (SSSR count). The van der Waals surface area contributed by atoms with Gasteiger partial charge in [0.15, 0.2) is 11.6 Å². The Hall–Kier alpha value is -1.16. The minimum atomic E-state index is -0.962. The zero-order chi connectivity index (χ0) is 14.9. The SMILES string of the molecule is CNC(c1cc(C)cc(Cl)c1)c1cc(F)c(F)cc1Cl. The first-order chi connectivity index (χ1) is 9.42. The van der Waals surface area contributed by atoms with Crippen molar-refractivity contribution in [3.05, 3.63) is 68.7 Å². The molecule has 0 amide bonds. The van der Waals surface area contributed by atoms with E-state index in [0.717, 1.165) is 23.3 Å². The molecule has 0 saturated heterocycles. The predicted molar refractivity (Wildman–Crippen MR) is 78.5 cm³/mol. The van der Waals surface area contributed by atoms with E-state index in [-0.39, 0.29) is 11.1 Å². The first-order valence-electron chi connectivity index (χ1n) is 6.01. The number of rotatable bonds is 3. The van der Waals surface area contributed by atoms with Crippen LogP contribution in [0, 0.1) is 18.6 Å². The number of benzene rings is 2. The summed E-state index contributed by atoms with van der Waals surface area (Å²) in [5, 5.41) is 3.79. The van der Waals surface area contributed by atoms with E-state index in [0.29, 0.717) is 10.6 Å². The molecule has 0 spiro atoms. The molecule has 1 nitrogen and oxygen atoms in total. The van der Waals surface area contributed by atoms with Gasteiger partial charge in [0.25, 0.3) is 0 Å². The van der Waals surface area contributed by atoms with Crippen LogP contribution in [0.1, 0.15) is 22.7 Å². The second kappa shape index (κ2) is 6.08. The lowest BCUT2D eigenvalue weighted by Gasteiger charge is -2.19. The fourth-order valence-corrected chi connectivity index (χ4v) is 2.75. The molecular weight excluding hydrogens is 303 g/mol. The third-order valence-corrected chi connectivity index (χ3v) is 3.58. The molecule has 1 unspecified atom stereocenters. The van der Waals surface area contributed by atoms with E-state index in [1.807, 2.05) is 19.1 Å². The van der Waals surface area contributed by atoms with Gasteiger partial charge in [0.1, 0.15) is 0 Å². The molecule has 0 aliphatic heterocycles. The highest BCUT2D eigenvalue weighted by molar-refractivity contribution is 6.31. The Bertz CT molecular complexity index is 624. The van der Waals surface area contributed by atoms with E-state index in [4.69, 9.17) is 23.2 Å². The summed E-state index contributed by atoms with van der Waals surface area (Å²) in [5.41, 5.74) is 2.28. The molecule has 2 aromatic rings. The van der Waals surface area contributed by atoms with Gasteiger partial charge in [-0.15, -0.1) is 0 Å². The third kappa shape index (κ3) is 3.11. The molecule has 0 bridgehead atoms. The van der Waals surface area contributed by atoms with Crippen LogP contribution in [0.4, 0.5) is 8.78 Å². The Kier molecular flexibility index (Phi) is 4.63. The lowest BCUT2D eigenvalue weighted by atomic mass is 9.97. The van der Waals surface area contributed by atoms with Gasteiger partial charge in [-0.2, -0.15) is 0 Å². The maximum absolute atomic E-state index is 13.4. The highest BCUT2D eigenvalue weighted by Crippen LogP contribution is 2.31. The predicted octanol–water partition coefficient (Wildman–Crippen LogP) is 4.89. The summed E-state index contributed by atoms with van der Waals surface area (Å²) in [7, 11) is 1.72. The fourth-order valence-electron chi connectivity index (χ4n) is 2.19. The standard InChI is InChI=1S/C15H13Cl2F2N/c1-8-3-9(5-10(16)4-8)15(20-2)11-6-13(18)14(19)7-12(11)17/h3-7,15,20H,1-2H3. The summed E-state index contributed by atoms with van der Waals surface area (Å²) >= 11 is 12.1. The average molecular weight is 316 g/mol. The monoisotopic (exact) mass is 315 g/mol. The number of hydrogen-bond acceptors (Lipinski definition) is 1. The summed E-state index contributed by atoms with van der Waals surface area (Å²) in [6.45, 7) is 1.91. The Morgan fingerprint density at radius 3 is 2.25 bits per heavy atom. The minimum absolute atomic E-state index is 0.167. The molecule has 0 saturated carbocycles. The number of aryl methyl sites for hydroxylation is 1. The molecule has 0 fully saturated rings. The van der Waals surface area contributed by atoms with Gasteiger partial charge in [0, 0.05) is 10.0 Å². The number of halogens is 4. The van der Waals surface area contributed by atoms with E-state index in [1.165, 1.54) is 0 Å². The first-order valence-corrected chi connectivity index (χ1v) is 6.76. The number of nitrogens with one attached hydrogen (secondary N) is 1. The number of hydrogen-bond donors (Lipinski definition) is 1. The van der Waals surface area contributed by atoms with Crippen molar-refractivity contribution in [2.45, 2.75) is 13.0 Å². The molecule has 0 aliphatic rings. The molecule has 0 heterocycles. The molecular formula is C15H13Cl2F2N. The molecule has 0 aromatic heterocycles. The van der Waals surface area contributed by atoms with E-state index >= 15 is 0 Å². The van der Waals surface area contributed by atoms with E-state index in [2.05, 4.69) is 5.32 Å². The van der Waals surface area contributed by atoms with Gasteiger partial charge >= 0.3 is 0 Å². The van der Waals surface area contributed by atoms with Gasteiger partial charge in [-0.3, -0.25) is 0 Å². The van der Waals surface area contributed by atoms with E-state index in [1.54, 1.807) is 13.1 Å². The topological polar surface area (TPSA) is 12.0 Å². The van der Waals surface area contributed by atoms with Crippen molar-refractivity contribution in [2.75, 3.05) is 7.05 Å². The van der Waals surface area contributed by atoms with Crippen molar-refractivity contribution in [3.63, 3.8) is 0 Å². The Morgan fingerprint density at radius 2 is 1.65 bits per heavy atom. The maximum atomic E-state index is 13.4. The molecule has 2 aromatic carbocycles. The maximum Gasteiger partial charge on any atom is 0.160 e. The van der Waals surface area contributed by atoms with Gasteiger partial charge in [-0.05, 0) is 54.9 Å². The van der Waals surface area contributed by atoms with Crippen LogP contribution in [0.25, 0.3) is 0 Å². The highest BCUT2D eigenvalue weighted by atomic mass is 35.5. The van der Waals surface area contributed by atoms with Crippen LogP contribution >= 0.6 is 23.2 Å². The van der Waals surface area contributed by atoms with Gasteiger partial charge < -0.3 is 5.32 Å². The Morgan fingerprint density at radius 1 is 1.00 bits per heavy atom. The smallest absolute Gasteiger partial charge is 0.160 e. The molecule has 0 radical (unpaired) electrons. The summed E-state index contributed by atoms with van der Waals surface area (Å²) in [6.07, 6.45) is 0. The van der Waals surface area contributed by atoms with Gasteiger partial charge in [-0.1, -0.05) is 29.3 Å². The summed E-state index contributed by atoms with van der Waals surface area (Å²) in [5.74, 6) is -1.89. The Labute approximate surface area is 126 Å². The lowest BCUT2D eigenvalue weighted by molar-refractivity contribution is 0.505. The summed E-state index contributed by atoms with van der Waals surface area (Å²) in [6, 6.07) is 7.24. The quantitative estimate of drug-likeness (QED) is 0.795. The average Bonchev–Trinajstić information content (AvgIpc) is 2.35. The largest absolute Gasteiger partial charge is 0.309 e. The second-order valence-corrected chi connectivity index (χ2v) is 5.42. The van der Waals surface area contributed by atoms with Gasteiger partial charge in [0.05, 0.1) is 6.04 Å². The van der Waals surface area contributed by atoms with Crippen LogP contribution in [0.2, 0.25) is 10.0 Å². The zero-order valence-corrected chi connectivity index (χ0v) is 12.5. The molecule has 1 N–H and O–H groups in total. The minimum Gasteiger partial charge on any atom is -0.309 e. The molecule has 20 heavy (non-hydrogen) atoms. The second-order valence-electron chi connectivity index (χ2n) is 4.57. The Balaban J connectivity index is 2.55. The normalized spacial score (nSPS) is 12.5. The zero-order valence-electron chi connectivity index (χ0n) is 11.0. The highest BCUT2D eigenvalue weighted by Gasteiger charge is 2.18. The molecule has 0 aliphatic carbocycles. The van der Waals surface area contributed by atoms with Crippen molar-refractivity contribution in [1.29, 1.82) is 0 Å². The van der Waals surface area contributed by atoms with Crippen molar-refractivity contribution >= 4 is 23.2 Å². The third-order valence-electron chi connectivity index (χ3n) is 3.04. The van der Waals surface area contributed by atoms with Crippen molar-refractivity contribution in [3.8, 4) is 0 Å². The van der Waals surface area contributed by atoms with Crippen LogP contribution in [0.5, 0.6) is 0 Å². The van der Waals surface area contributed by atoms with Crippen LogP contribution in [0.15, 0.2) is 30.3 Å². The van der Waals surface area contributed by atoms with E-state index in [9.17, 15) is 8.78 Å². The molecule has 106 valence electrons. The first kappa shape index (κ1) is 15.2. The van der Waals surface area contributed by atoms with Crippen LogP contribution in [0.3, 0.4) is 0 Å². The van der Waals surface area contributed by atoms with Gasteiger partial charge in [0.2, 0.25) is 0 Å². The van der Waals surface area contributed by atoms with Crippen molar-refractivity contribution in [1.82, 2.24) is 5.32 Å². The van der Waals surface area contributed by atoms with Crippen LogP contribution in [-0.2, 0) is 0 Å². The lowest BCUT2D eigenvalue weighted by Crippen LogP contribution is -2.18. The van der Waals surface area contributed by atoms with Crippen molar-refractivity contribution in [2.24, 2.45) is 0 Å². The molecule has 5 heteroatoms. The van der Waals surface area contributed by atoms with E-state index < -0.39 is 11.6 Å². The summed E-state index contributed by atoms with van der Waals surface area (Å²) < 4.78 is 26.6. The van der Waals surface area contributed by atoms with Crippen LogP contribution < -0.4 is 5.32 Å². The van der Waals surface area contributed by atoms with Crippen LogP contribution in [-0.4, -0.2) is 7.05 Å². The fraction of sp³-hybridized carbons (Fsp3) is 0.200. The molecule has 1 atom stereocenters. The van der Waals surface area contributed by atoms with Gasteiger partial charge in [-0.25, -0.2) is 8.78 Å². The van der Waals surface area contributed by atoms with Crippen molar-refractivity contribution < 1.29 is 8.78 Å².